The van der Waals surface area contributed by atoms with Crippen LogP contribution >= 0.6 is 12.4 Å². The minimum absolute atomic E-state index is 0. The van der Waals surface area contributed by atoms with E-state index in [-0.39, 0.29) is 12.4 Å². The van der Waals surface area contributed by atoms with Crippen molar-refractivity contribution >= 4 is 23.3 Å². The van der Waals surface area contributed by atoms with Crippen molar-refractivity contribution in [1.82, 2.24) is 4.98 Å². The van der Waals surface area contributed by atoms with Crippen molar-refractivity contribution in [3.05, 3.63) is 35.5 Å². The highest BCUT2D eigenvalue weighted by molar-refractivity contribution is 5.85. The maximum atomic E-state index is 5.52. The number of hydrogen-bond donors (Lipinski definition) is 2. The predicted octanol–water partition coefficient (Wildman–Crippen LogP) is 2.36. The van der Waals surface area contributed by atoms with Gasteiger partial charge in [-0.1, -0.05) is 11.6 Å². The molecule has 0 amide bonds. The van der Waals surface area contributed by atoms with Gasteiger partial charge in [0.05, 0.1) is 0 Å². The molecule has 70 valence electrons. The summed E-state index contributed by atoms with van der Waals surface area (Å²) in [6, 6.07) is 8.44. The van der Waals surface area contributed by atoms with Crippen LogP contribution in [-0.2, 0) is 6.54 Å². The van der Waals surface area contributed by atoms with Crippen molar-refractivity contribution in [3.8, 4) is 0 Å². The molecule has 0 spiro atoms. The summed E-state index contributed by atoms with van der Waals surface area (Å²) in [4.78, 5) is 3.25. The van der Waals surface area contributed by atoms with E-state index < -0.39 is 0 Å². The van der Waals surface area contributed by atoms with E-state index in [0.29, 0.717) is 6.54 Å². The number of benzene rings is 1. The van der Waals surface area contributed by atoms with Gasteiger partial charge in [0.15, 0.2) is 0 Å². The average Bonchev–Trinajstić information content (AvgIpc) is 2.46. The summed E-state index contributed by atoms with van der Waals surface area (Å²) < 4.78 is 0. The van der Waals surface area contributed by atoms with Gasteiger partial charge in [-0.3, -0.25) is 0 Å². The second-order valence-electron chi connectivity index (χ2n) is 3.09. The minimum Gasteiger partial charge on any atom is -0.357 e. The molecule has 3 N–H and O–H groups in total. The summed E-state index contributed by atoms with van der Waals surface area (Å²) >= 11 is 0. The topological polar surface area (TPSA) is 41.8 Å². The van der Waals surface area contributed by atoms with E-state index in [4.69, 9.17) is 5.73 Å². The van der Waals surface area contributed by atoms with E-state index in [1.165, 1.54) is 16.5 Å². The van der Waals surface area contributed by atoms with Gasteiger partial charge in [0.25, 0.3) is 0 Å². The Morgan fingerprint density at radius 2 is 2.08 bits per heavy atom. The van der Waals surface area contributed by atoms with E-state index in [0.717, 1.165) is 5.69 Å². The number of nitrogens with one attached hydrogen (secondary N) is 1. The summed E-state index contributed by atoms with van der Waals surface area (Å²) in [7, 11) is 0. The van der Waals surface area contributed by atoms with E-state index in [9.17, 15) is 0 Å². The molecule has 0 unspecified atom stereocenters. The van der Waals surface area contributed by atoms with Crippen LogP contribution in [0.5, 0.6) is 0 Å². The molecule has 0 bridgehead atoms. The molecule has 1 aromatic carbocycles. The number of fused-ring (bicyclic) bond motifs is 1. The van der Waals surface area contributed by atoms with E-state index in [2.05, 4.69) is 36.2 Å². The largest absolute Gasteiger partial charge is 0.357 e. The molecule has 0 radical (unpaired) electrons. The Bertz CT molecular complexity index is 406. The molecular weight excluding hydrogens is 184 g/mol. The second-order valence-corrected chi connectivity index (χ2v) is 3.09. The van der Waals surface area contributed by atoms with Gasteiger partial charge in [0, 0.05) is 17.8 Å². The Morgan fingerprint density at radius 3 is 2.77 bits per heavy atom. The number of aromatic amines is 1. The summed E-state index contributed by atoms with van der Waals surface area (Å²) in [6.45, 7) is 2.67. The maximum Gasteiger partial charge on any atom is 0.0456 e. The first kappa shape index (κ1) is 10.1. The highest BCUT2D eigenvalue weighted by atomic mass is 35.5. The third-order valence-corrected chi connectivity index (χ3v) is 2.05. The molecule has 2 nitrogen and oxygen atoms in total. The van der Waals surface area contributed by atoms with Crippen LogP contribution in [-0.4, -0.2) is 4.98 Å². The summed E-state index contributed by atoms with van der Waals surface area (Å²) in [6.07, 6.45) is 0. The molecule has 2 aromatic rings. The average molecular weight is 197 g/mol. The molecule has 3 heteroatoms. The fourth-order valence-corrected chi connectivity index (χ4v) is 1.42. The van der Waals surface area contributed by atoms with Crippen molar-refractivity contribution in [3.63, 3.8) is 0 Å². The highest BCUT2D eigenvalue weighted by Crippen LogP contribution is 2.16. The fraction of sp³-hybridized carbons (Fsp3) is 0.200. The van der Waals surface area contributed by atoms with Crippen molar-refractivity contribution in [1.29, 1.82) is 0 Å². The smallest absolute Gasteiger partial charge is 0.0456 e. The van der Waals surface area contributed by atoms with Gasteiger partial charge in [-0.2, -0.15) is 0 Å². The number of nitrogens with two attached hydrogens (primary N) is 1. The van der Waals surface area contributed by atoms with Crippen LogP contribution in [0.1, 0.15) is 11.3 Å². The van der Waals surface area contributed by atoms with Crippen molar-refractivity contribution in [2.45, 2.75) is 13.5 Å². The van der Waals surface area contributed by atoms with Crippen LogP contribution in [0.2, 0.25) is 0 Å². The monoisotopic (exact) mass is 196 g/mol. The molecule has 0 fully saturated rings. The van der Waals surface area contributed by atoms with Crippen LogP contribution in [0, 0.1) is 6.92 Å². The van der Waals surface area contributed by atoms with Gasteiger partial charge in [-0.05, 0) is 30.5 Å². The molecule has 2 rings (SSSR count). The third kappa shape index (κ3) is 1.85. The third-order valence-electron chi connectivity index (χ3n) is 2.05. The summed E-state index contributed by atoms with van der Waals surface area (Å²) in [5.74, 6) is 0. The van der Waals surface area contributed by atoms with Gasteiger partial charge in [0.2, 0.25) is 0 Å². The van der Waals surface area contributed by atoms with Gasteiger partial charge >= 0.3 is 0 Å². The zero-order valence-electron chi connectivity index (χ0n) is 7.50. The van der Waals surface area contributed by atoms with Crippen molar-refractivity contribution in [2.24, 2.45) is 5.73 Å². The molecule has 0 atom stereocenters. The fourth-order valence-electron chi connectivity index (χ4n) is 1.42. The van der Waals surface area contributed by atoms with Gasteiger partial charge < -0.3 is 10.7 Å². The molecule has 13 heavy (non-hydrogen) atoms. The molecule has 0 saturated carbocycles. The second kappa shape index (κ2) is 3.81. The highest BCUT2D eigenvalue weighted by Gasteiger charge is 1.97. The van der Waals surface area contributed by atoms with Gasteiger partial charge in [-0.15, -0.1) is 12.4 Å². The van der Waals surface area contributed by atoms with Crippen LogP contribution in [0.4, 0.5) is 0 Å². The zero-order valence-corrected chi connectivity index (χ0v) is 8.32. The molecule has 0 aliphatic rings. The van der Waals surface area contributed by atoms with Gasteiger partial charge in [0.1, 0.15) is 0 Å². The Labute approximate surface area is 83.5 Å². The van der Waals surface area contributed by atoms with Crippen LogP contribution < -0.4 is 5.73 Å². The number of rotatable bonds is 1. The van der Waals surface area contributed by atoms with Crippen molar-refractivity contribution in [2.75, 3.05) is 0 Å². The first-order valence-electron chi connectivity index (χ1n) is 4.08. The lowest BCUT2D eigenvalue weighted by Crippen LogP contribution is -1.94. The molecule has 0 aliphatic heterocycles. The lowest BCUT2D eigenvalue weighted by atomic mass is 10.2. The number of halogens is 1. The first-order valence-corrected chi connectivity index (χ1v) is 4.08. The normalized spacial score (nSPS) is 10.0. The van der Waals surface area contributed by atoms with Crippen LogP contribution in [0.25, 0.3) is 10.9 Å². The SMILES string of the molecule is Cc1ccc2[nH]c(CN)cc2c1.Cl. The minimum atomic E-state index is 0. The molecular formula is C10H13ClN2. The molecule has 1 aromatic heterocycles. The Balaban J connectivity index is 0.000000845. The molecule has 0 saturated heterocycles. The number of hydrogen-bond acceptors (Lipinski definition) is 1. The van der Waals surface area contributed by atoms with Gasteiger partial charge in [-0.25, -0.2) is 0 Å². The van der Waals surface area contributed by atoms with Crippen LogP contribution in [0.15, 0.2) is 24.3 Å². The number of aryl methyl sites for hydroxylation is 1. The number of aromatic nitrogens is 1. The Kier molecular flexibility index (Phi) is 2.96. The quantitative estimate of drug-likeness (QED) is 0.723. The predicted molar refractivity (Wildman–Crippen MR) is 58.2 cm³/mol. The molecule has 0 aliphatic carbocycles. The van der Waals surface area contributed by atoms with E-state index in [1.54, 1.807) is 0 Å². The summed E-state index contributed by atoms with van der Waals surface area (Å²) in [5.41, 5.74) is 9.06. The lowest BCUT2D eigenvalue weighted by Gasteiger charge is -1.90. The first-order chi connectivity index (χ1) is 5.79. The lowest BCUT2D eigenvalue weighted by molar-refractivity contribution is 1.02. The van der Waals surface area contributed by atoms with E-state index >= 15 is 0 Å². The van der Waals surface area contributed by atoms with Crippen molar-refractivity contribution < 1.29 is 0 Å². The summed E-state index contributed by atoms with van der Waals surface area (Å²) in [5, 5.41) is 1.25. The Morgan fingerprint density at radius 1 is 1.31 bits per heavy atom. The maximum absolute atomic E-state index is 5.52. The van der Waals surface area contributed by atoms with Crippen LogP contribution in [0.3, 0.4) is 0 Å². The Hall–Kier alpha value is -0.990. The molecule has 1 heterocycles. The zero-order chi connectivity index (χ0) is 8.55. The standard InChI is InChI=1S/C10H12N2.ClH/c1-7-2-3-10-8(4-7)5-9(6-11)12-10;/h2-5,12H,6,11H2,1H3;1H. The van der Waals surface area contributed by atoms with E-state index in [1.807, 2.05) is 0 Å². The number of H-pyrrole nitrogens is 1.